The lowest BCUT2D eigenvalue weighted by atomic mass is 10.1. The summed E-state index contributed by atoms with van der Waals surface area (Å²) in [6.45, 7) is 1.95. The maximum absolute atomic E-state index is 13.1. The Kier molecular flexibility index (Phi) is 3.36. The molecule has 1 unspecified atom stereocenters. The van der Waals surface area contributed by atoms with Gasteiger partial charge in [0, 0.05) is 17.7 Å². The molecule has 3 rings (SSSR count). The highest BCUT2D eigenvalue weighted by Crippen LogP contribution is 2.35. The summed E-state index contributed by atoms with van der Waals surface area (Å²) in [6, 6.07) is 4.68. The number of nitrogens with zero attached hydrogens (tertiary/aromatic N) is 1. The first-order chi connectivity index (χ1) is 9.11. The quantitative estimate of drug-likeness (QED) is 0.883. The Bertz CT molecular complexity index is 615. The van der Waals surface area contributed by atoms with Gasteiger partial charge >= 0.3 is 0 Å². The molecule has 2 heterocycles. The molecule has 0 saturated carbocycles. The lowest BCUT2D eigenvalue weighted by Crippen LogP contribution is -2.15. The zero-order valence-electron chi connectivity index (χ0n) is 10.4. The van der Waals surface area contributed by atoms with Crippen LogP contribution >= 0.6 is 23.1 Å². The molecule has 1 aromatic carbocycles. The van der Waals surface area contributed by atoms with E-state index in [2.05, 4.69) is 4.98 Å². The molecule has 0 saturated heterocycles. The van der Waals surface area contributed by atoms with Crippen molar-refractivity contribution in [3.05, 3.63) is 35.3 Å². The summed E-state index contributed by atoms with van der Waals surface area (Å²) in [5.41, 5.74) is 7.59. The number of ether oxygens (including phenoxy) is 1. The van der Waals surface area contributed by atoms with Crippen LogP contribution in [0.1, 0.15) is 11.3 Å². The first-order valence-corrected chi connectivity index (χ1v) is 7.73. The highest BCUT2D eigenvalue weighted by atomic mass is 32.2. The van der Waals surface area contributed by atoms with Gasteiger partial charge in [0.2, 0.25) is 0 Å². The molecule has 0 fully saturated rings. The molecule has 0 spiro atoms. The molecule has 0 aliphatic carbocycles. The second-order valence-electron chi connectivity index (χ2n) is 4.43. The van der Waals surface area contributed by atoms with E-state index in [4.69, 9.17) is 10.5 Å². The van der Waals surface area contributed by atoms with E-state index in [9.17, 15) is 4.39 Å². The van der Waals surface area contributed by atoms with E-state index in [0.29, 0.717) is 5.13 Å². The van der Waals surface area contributed by atoms with Gasteiger partial charge in [-0.2, -0.15) is 0 Å². The third kappa shape index (κ3) is 2.69. The molecule has 2 N–H and O–H groups in total. The number of anilines is 1. The smallest absolute Gasteiger partial charge is 0.181 e. The molecule has 2 aromatic rings. The third-order valence-corrected chi connectivity index (χ3v) is 5.42. The molecule has 0 bridgehead atoms. The Morgan fingerprint density at radius 1 is 1.58 bits per heavy atom. The van der Waals surface area contributed by atoms with Crippen LogP contribution < -0.4 is 10.5 Å². The van der Waals surface area contributed by atoms with Gasteiger partial charge in [-0.1, -0.05) is 11.3 Å². The van der Waals surface area contributed by atoms with Crippen LogP contribution in [0.4, 0.5) is 9.52 Å². The van der Waals surface area contributed by atoms with Crippen LogP contribution in [0.3, 0.4) is 0 Å². The third-order valence-electron chi connectivity index (χ3n) is 2.93. The van der Waals surface area contributed by atoms with Gasteiger partial charge in [-0.25, -0.2) is 9.37 Å². The molecule has 1 aliphatic rings. The van der Waals surface area contributed by atoms with Crippen LogP contribution in [-0.4, -0.2) is 16.8 Å². The summed E-state index contributed by atoms with van der Waals surface area (Å²) in [6.07, 6.45) is 0.845. The Balaban J connectivity index is 1.63. The average molecular weight is 296 g/mol. The number of aromatic nitrogens is 1. The number of thiazole rings is 1. The van der Waals surface area contributed by atoms with Gasteiger partial charge in [-0.15, -0.1) is 11.8 Å². The van der Waals surface area contributed by atoms with Gasteiger partial charge in [0.1, 0.15) is 17.7 Å². The van der Waals surface area contributed by atoms with Crippen LogP contribution in [0.2, 0.25) is 0 Å². The molecule has 6 heteroatoms. The summed E-state index contributed by atoms with van der Waals surface area (Å²) >= 11 is 3.20. The fourth-order valence-corrected chi connectivity index (χ4v) is 4.13. The minimum absolute atomic E-state index is 0.0875. The van der Waals surface area contributed by atoms with Gasteiger partial charge in [-0.05, 0) is 25.1 Å². The second-order valence-corrected chi connectivity index (χ2v) is 6.75. The Morgan fingerprint density at radius 3 is 3.16 bits per heavy atom. The van der Waals surface area contributed by atoms with Crippen LogP contribution in [0, 0.1) is 12.7 Å². The lowest BCUT2D eigenvalue weighted by molar-refractivity contribution is 0.259. The summed E-state index contributed by atoms with van der Waals surface area (Å²) in [5.74, 6) is 1.41. The zero-order chi connectivity index (χ0) is 13.4. The highest BCUT2D eigenvalue weighted by Gasteiger charge is 2.23. The number of hydrogen-bond donors (Lipinski definition) is 1. The lowest BCUT2D eigenvalue weighted by Gasteiger charge is -2.09. The number of fused-ring (bicyclic) bond motifs is 1. The molecular formula is C13H13FN2OS2. The van der Waals surface area contributed by atoms with Crippen molar-refractivity contribution >= 4 is 28.2 Å². The van der Waals surface area contributed by atoms with Crippen molar-refractivity contribution in [2.45, 2.75) is 23.7 Å². The van der Waals surface area contributed by atoms with Gasteiger partial charge in [0.05, 0.1) is 9.90 Å². The molecule has 0 amide bonds. The number of hydrogen-bond acceptors (Lipinski definition) is 5. The Hall–Kier alpha value is -1.27. The Morgan fingerprint density at radius 2 is 2.42 bits per heavy atom. The first-order valence-electron chi connectivity index (χ1n) is 5.92. The average Bonchev–Trinajstić information content (AvgIpc) is 2.89. The normalized spacial score (nSPS) is 17.3. The van der Waals surface area contributed by atoms with Gasteiger partial charge < -0.3 is 10.5 Å². The molecule has 1 aliphatic heterocycles. The predicted octanol–water partition coefficient (Wildman–Crippen LogP) is 3.27. The molecule has 1 aromatic heterocycles. The fraction of sp³-hybridized carbons (Fsp3) is 0.308. The van der Waals surface area contributed by atoms with E-state index in [1.165, 1.54) is 17.4 Å². The van der Waals surface area contributed by atoms with E-state index in [-0.39, 0.29) is 11.9 Å². The van der Waals surface area contributed by atoms with Crippen LogP contribution in [0.25, 0.3) is 0 Å². The van der Waals surface area contributed by atoms with E-state index in [0.717, 1.165) is 33.4 Å². The number of rotatable bonds is 3. The monoisotopic (exact) mass is 296 g/mol. The number of halogens is 1. The van der Waals surface area contributed by atoms with Crippen LogP contribution in [-0.2, 0) is 6.42 Å². The molecule has 19 heavy (non-hydrogen) atoms. The van der Waals surface area contributed by atoms with E-state index >= 15 is 0 Å². The SMILES string of the molecule is Cc1nc(N)sc1SCC1Cc2cc(F)ccc2O1. The van der Waals surface area contributed by atoms with Crippen LogP contribution in [0.15, 0.2) is 22.4 Å². The standard InChI is InChI=1S/C13H13FN2OS2/c1-7-12(19-13(15)16-7)18-6-10-5-8-4-9(14)2-3-11(8)17-10/h2-4,10H,5-6H2,1H3,(H2,15,16). The number of nitrogen functional groups attached to an aromatic ring is 1. The van der Waals surface area contributed by atoms with Crippen molar-refractivity contribution < 1.29 is 9.13 Å². The summed E-state index contributed by atoms with van der Waals surface area (Å²) in [5, 5.41) is 0.595. The van der Waals surface area contributed by atoms with Crippen LogP contribution in [0.5, 0.6) is 5.75 Å². The van der Waals surface area contributed by atoms with Gasteiger partial charge in [0.25, 0.3) is 0 Å². The van der Waals surface area contributed by atoms with E-state index in [1.807, 2.05) is 6.92 Å². The summed E-state index contributed by atoms with van der Waals surface area (Å²) < 4.78 is 20.0. The Labute approximate surface area is 119 Å². The number of thioether (sulfide) groups is 1. The van der Waals surface area contributed by atoms with E-state index in [1.54, 1.807) is 23.9 Å². The van der Waals surface area contributed by atoms with Crippen molar-refractivity contribution in [2.75, 3.05) is 11.5 Å². The molecule has 1 atom stereocenters. The summed E-state index contributed by atoms with van der Waals surface area (Å²) in [4.78, 5) is 4.19. The first kappa shape index (κ1) is 12.7. The predicted molar refractivity (Wildman–Crippen MR) is 76.5 cm³/mol. The molecular weight excluding hydrogens is 283 g/mol. The topological polar surface area (TPSA) is 48.1 Å². The number of aryl methyl sites for hydroxylation is 1. The minimum Gasteiger partial charge on any atom is -0.489 e. The summed E-state index contributed by atoms with van der Waals surface area (Å²) in [7, 11) is 0. The maximum Gasteiger partial charge on any atom is 0.181 e. The zero-order valence-corrected chi connectivity index (χ0v) is 12.0. The van der Waals surface area contributed by atoms with Gasteiger partial charge in [-0.3, -0.25) is 0 Å². The number of benzene rings is 1. The van der Waals surface area contributed by atoms with E-state index < -0.39 is 0 Å². The second kappa shape index (κ2) is 5.02. The fourth-order valence-electron chi connectivity index (χ4n) is 2.09. The largest absolute Gasteiger partial charge is 0.489 e. The van der Waals surface area contributed by atoms with Crippen molar-refractivity contribution in [1.82, 2.24) is 4.98 Å². The minimum atomic E-state index is -0.207. The van der Waals surface area contributed by atoms with Crippen molar-refractivity contribution in [3.63, 3.8) is 0 Å². The number of nitrogens with two attached hydrogens (primary N) is 1. The van der Waals surface area contributed by atoms with Crippen molar-refractivity contribution in [2.24, 2.45) is 0 Å². The highest BCUT2D eigenvalue weighted by molar-refractivity contribution is 8.01. The molecule has 0 radical (unpaired) electrons. The van der Waals surface area contributed by atoms with Crippen molar-refractivity contribution in [3.8, 4) is 5.75 Å². The molecule has 3 nitrogen and oxygen atoms in total. The van der Waals surface area contributed by atoms with Crippen molar-refractivity contribution in [1.29, 1.82) is 0 Å². The molecule has 100 valence electrons. The maximum atomic E-state index is 13.1. The van der Waals surface area contributed by atoms with Gasteiger partial charge in [0.15, 0.2) is 5.13 Å².